The number of rotatable bonds is 3. The molecule has 0 unspecified atom stereocenters. The number of para-hydroxylation sites is 2. The second kappa shape index (κ2) is 13.9. The summed E-state index contributed by atoms with van der Waals surface area (Å²) in [5.41, 5.74) is 26.4. The van der Waals surface area contributed by atoms with E-state index in [9.17, 15) is 0 Å². The number of furan rings is 1. The molecule has 0 N–H and O–H groups in total. The van der Waals surface area contributed by atoms with Crippen molar-refractivity contribution in [2.75, 3.05) is 9.80 Å². The van der Waals surface area contributed by atoms with Crippen LogP contribution in [0.15, 0.2) is 156 Å². The van der Waals surface area contributed by atoms with Crippen LogP contribution in [0.1, 0.15) is 113 Å². The van der Waals surface area contributed by atoms with E-state index in [0.29, 0.717) is 0 Å². The lowest BCUT2D eigenvalue weighted by atomic mass is 9.33. The van der Waals surface area contributed by atoms with Gasteiger partial charge in [0.1, 0.15) is 11.2 Å². The molecule has 334 valence electrons. The van der Waals surface area contributed by atoms with E-state index in [2.05, 4.69) is 231 Å². The predicted octanol–water partition coefficient (Wildman–Crippen LogP) is 15.3. The summed E-state index contributed by atoms with van der Waals surface area (Å²) in [6.45, 7) is 24.2. The summed E-state index contributed by atoms with van der Waals surface area (Å²) in [7, 11) is 0. The van der Waals surface area contributed by atoms with Crippen molar-refractivity contribution in [1.82, 2.24) is 0 Å². The van der Waals surface area contributed by atoms with Gasteiger partial charge in [-0.25, -0.2) is 0 Å². The maximum absolute atomic E-state index is 6.79. The Kier molecular flexibility index (Phi) is 8.47. The Balaban J connectivity index is 1.19. The van der Waals surface area contributed by atoms with Crippen molar-refractivity contribution in [3.63, 3.8) is 0 Å². The average molecular weight is 883 g/mol. The fourth-order valence-electron chi connectivity index (χ4n) is 13.4. The fourth-order valence-corrected chi connectivity index (χ4v) is 13.4. The van der Waals surface area contributed by atoms with Crippen LogP contribution in [0.2, 0.25) is 0 Å². The molecule has 9 aromatic rings. The summed E-state index contributed by atoms with van der Waals surface area (Å²) in [6, 6.07) is 57.8. The third kappa shape index (κ3) is 5.55. The Morgan fingerprint density at radius 2 is 1.04 bits per heavy atom. The van der Waals surface area contributed by atoms with Gasteiger partial charge in [0.25, 0.3) is 6.71 Å². The molecule has 0 saturated carbocycles. The number of anilines is 6. The minimum absolute atomic E-state index is 0.0433. The van der Waals surface area contributed by atoms with Crippen LogP contribution in [-0.4, -0.2) is 6.71 Å². The van der Waals surface area contributed by atoms with Gasteiger partial charge in [0, 0.05) is 44.5 Å². The largest absolute Gasteiger partial charge is 0.456 e. The van der Waals surface area contributed by atoms with Gasteiger partial charge in [-0.15, -0.1) is 0 Å². The minimum atomic E-state index is -0.224. The standard InChI is InChI=1S/C64H59BN2O/c1-38-32-54-59-55(33-38)67(51-26-18-14-22-41(51)40-20-12-11-13-21-40)60-49(28-29-57-58(60)42-23-15-19-27-56(42)68-57)65(59)50-35-47-48(64(9,10)44-25-17-16-24-43(44)63(47,7)8)37-53(50)66(54)52-36-46-45(34-39(52)2)61(3,4)30-31-62(46,5)6/h11-29,32-37H,30-31H2,1-10H3. The van der Waals surface area contributed by atoms with Crippen LogP contribution in [0.25, 0.3) is 33.1 Å². The van der Waals surface area contributed by atoms with Crippen LogP contribution in [0.5, 0.6) is 0 Å². The molecule has 3 nitrogen and oxygen atoms in total. The van der Waals surface area contributed by atoms with Crippen molar-refractivity contribution in [3.05, 3.63) is 196 Å². The third-order valence-corrected chi connectivity index (χ3v) is 17.1. The highest BCUT2D eigenvalue weighted by molar-refractivity contribution is 7.00. The van der Waals surface area contributed by atoms with E-state index in [-0.39, 0.29) is 28.4 Å². The molecular weight excluding hydrogens is 824 g/mol. The zero-order valence-electron chi connectivity index (χ0n) is 41.2. The van der Waals surface area contributed by atoms with Crippen LogP contribution in [-0.2, 0) is 21.7 Å². The van der Waals surface area contributed by atoms with Crippen LogP contribution in [0.3, 0.4) is 0 Å². The maximum Gasteiger partial charge on any atom is 0.252 e. The van der Waals surface area contributed by atoms with Gasteiger partial charge in [0.05, 0.1) is 16.8 Å². The molecule has 0 bridgehead atoms. The number of hydrogen-bond acceptors (Lipinski definition) is 3. The fraction of sp³-hybridized carbons (Fsp3) is 0.250. The van der Waals surface area contributed by atoms with E-state index in [1.807, 2.05) is 0 Å². The van der Waals surface area contributed by atoms with Gasteiger partial charge in [-0.1, -0.05) is 165 Å². The first kappa shape index (κ1) is 41.4. The van der Waals surface area contributed by atoms with Crippen molar-refractivity contribution in [2.45, 2.75) is 104 Å². The van der Waals surface area contributed by atoms with Crippen LogP contribution in [0.4, 0.5) is 34.1 Å². The molecule has 0 spiro atoms. The monoisotopic (exact) mass is 882 g/mol. The Bertz CT molecular complexity index is 3620. The highest BCUT2D eigenvalue weighted by Crippen LogP contribution is 2.56. The molecule has 0 amide bonds. The van der Waals surface area contributed by atoms with E-state index in [0.717, 1.165) is 34.0 Å². The molecular formula is C64H59BN2O. The summed E-state index contributed by atoms with van der Waals surface area (Å²) in [5, 5.41) is 2.29. The predicted molar refractivity (Wildman–Crippen MR) is 289 cm³/mol. The van der Waals surface area contributed by atoms with Crippen molar-refractivity contribution < 1.29 is 4.42 Å². The van der Waals surface area contributed by atoms with E-state index in [4.69, 9.17) is 4.42 Å². The van der Waals surface area contributed by atoms with Crippen LogP contribution < -0.4 is 26.2 Å². The van der Waals surface area contributed by atoms with Gasteiger partial charge in [-0.05, 0) is 146 Å². The van der Waals surface area contributed by atoms with Crippen LogP contribution in [0, 0.1) is 13.8 Å². The first-order valence-corrected chi connectivity index (χ1v) is 24.8. The number of hydrogen-bond donors (Lipinski definition) is 0. The molecule has 2 aliphatic heterocycles. The molecule has 0 fully saturated rings. The Morgan fingerprint density at radius 1 is 0.456 bits per heavy atom. The van der Waals surface area contributed by atoms with E-state index in [1.54, 1.807) is 0 Å². The molecule has 0 saturated heterocycles. The van der Waals surface area contributed by atoms with E-state index >= 15 is 0 Å². The van der Waals surface area contributed by atoms with E-state index < -0.39 is 0 Å². The molecule has 2 aliphatic carbocycles. The zero-order valence-corrected chi connectivity index (χ0v) is 41.2. The highest BCUT2D eigenvalue weighted by atomic mass is 16.3. The maximum atomic E-state index is 6.79. The lowest BCUT2D eigenvalue weighted by Gasteiger charge is -2.49. The second-order valence-corrected chi connectivity index (χ2v) is 22.9. The first-order valence-electron chi connectivity index (χ1n) is 24.8. The van der Waals surface area contributed by atoms with Gasteiger partial charge in [0.2, 0.25) is 0 Å². The molecule has 13 rings (SSSR count). The van der Waals surface area contributed by atoms with Gasteiger partial charge in [0.15, 0.2) is 0 Å². The summed E-state index contributed by atoms with van der Waals surface area (Å²) in [4.78, 5) is 5.31. The van der Waals surface area contributed by atoms with Gasteiger partial charge >= 0.3 is 0 Å². The average Bonchev–Trinajstić information content (AvgIpc) is 3.72. The van der Waals surface area contributed by atoms with E-state index in [1.165, 1.54) is 107 Å². The lowest BCUT2D eigenvalue weighted by molar-refractivity contribution is 0.332. The number of aryl methyl sites for hydroxylation is 2. The number of nitrogens with zero attached hydrogens (tertiary/aromatic N) is 2. The molecule has 0 atom stereocenters. The molecule has 0 radical (unpaired) electrons. The molecule has 68 heavy (non-hydrogen) atoms. The number of benzene rings is 8. The normalized spacial score (nSPS) is 17.5. The smallest absolute Gasteiger partial charge is 0.252 e. The SMILES string of the molecule is Cc1cc2c3c(c1)N(c1ccccc1-c1ccccc1)c1c(ccc4oc5ccccc5c14)B3c1cc3c(cc1N2c1cc2c(cc1C)C(C)(C)CCC2(C)C)C(C)(C)c1ccccc1C3(C)C. The highest BCUT2D eigenvalue weighted by Gasteiger charge is 2.49. The summed E-state index contributed by atoms with van der Waals surface area (Å²) in [6.07, 6.45) is 2.34. The van der Waals surface area contributed by atoms with Crippen molar-refractivity contribution in [1.29, 1.82) is 0 Å². The van der Waals surface area contributed by atoms with Gasteiger partial charge in [-0.2, -0.15) is 0 Å². The quantitative estimate of drug-likeness (QED) is 0.165. The second-order valence-electron chi connectivity index (χ2n) is 22.9. The van der Waals surface area contributed by atoms with Crippen molar-refractivity contribution in [2.24, 2.45) is 0 Å². The Hall–Kier alpha value is -6.78. The minimum Gasteiger partial charge on any atom is -0.456 e. The zero-order chi connectivity index (χ0) is 46.8. The third-order valence-electron chi connectivity index (χ3n) is 17.1. The molecule has 4 aliphatic rings. The topological polar surface area (TPSA) is 19.6 Å². The summed E-state index contributed by atoms with van der Waals surface area (Å²) < 4.78 is 6.79. The lowest BCUT2D eigenvalue weighted by Crippen LogP contribution is -2.62. The Morgan fingerprint density at radius 3 is 1.76 bits per heavy atom. The molecule has 3 heterocycles. The van der Waals surface area contributed by atoms with Crippen molar-refractivity contribution in [3.8, 4) is 11.1 Å². The molecule has 1 aromatic heterocycles. The van der Waals surface area contributed by atoms with Crippen molar-refractivity contribution >= 4 is 79.2 Å². The summed E-state index contributed by atoms with van der Waals surface area (Å²) >= 11 is 0. The van der Waals surface area contributed by atoms with Crippen LogP contribution >= 0.6 is 0 Å². The summed E-state index contributed by atoms with van der Waals surface area (Å²) in [5.74, 6) is 0. The van der Waals surface area contributed by atoms with Gasteiger partial charge < -0.3 is 14.2 Å². The first-order chi connectivity index (χ1) is 32.6. The molecule has 4 heteroatoms. The van der Waals surface area contributed by atoms with Gasteiger partial charge in [-0.3, -0.25) is 0 Å². The molecule has 8 aromatic carbocycles. The Labute approximate surface area is 402 Å². The number of fused-ring (bicyclic) bond motifs is 11.